The molecule has 0 saturated heterocycles. The number of carbonyl (C=O) groups excluding carboxylic acids is 2. The molecule has 0 spiro atoms. The Kier molecular flexibility index (Phi) is 23.9. The van der Waals surface area contributed by atoms with E-state index < -0.39 is 44.2 Å². The molecule has 4 unspecified atom stereocenters. The summed E-state index contributed by atoms with van der Waals surface area (Å²) in [7, 11) is -3.69. The number of aliphatic hydroxyl groups is 1. The first-order chi connectivity index (χ1) is 20.1. The molecule has 0 aliphatic heterocycles. The van der Waals surface area contributed by atoms with Crippen LogP contribution >= 0.6 is 106 Å². The third-order valence-corrected chi connectivity index (χ3v) is 12.4. The number of benzene rings is 1. The van der Waals surface area contributed by atoms with E-state index in [-0.39, 0.29) is 48.6 Å². The number of rotatable bonds is 18. The molecule has 250 valence electrons. The number of phosphoric acid groups is 1. The lowest BCUT2D eigenvalue weighted by atomic mass is 10.1. The van der Waals surface area contributed by atoms with Crippen molar-refractivity contribution < 1.29 is 47.0 Å². The largest absolute Gasteiger partial charge is 0.475 e. The fraction of sp³-hybridized carbons (Fsp3) is 0.680. The average Bonchev–Trinajstić information content (AvgIpc) is 2.95. The van der Waals surface area contributed by atoms with E-state index in [2.05, 4.69) is 63.7 Å². The van der Waals surface area contributed by atoms with E-state index >= 15 is 0 Å². The van der Waals surface area contributed by atoms with Crippen molar-refractivity contribution in [3.05, 3.63) is 29.0 Å². The quantitative estimate of drug-likeness (QED) is 0.0381. The Labute approximate surface area is 301 Å². The van der Waals surface area contributed by atoms with Crippen molar-refractivity contribution in [2.24, 2.45) is 0 Å². The van der Waals surface area contributed by atoms with Crippen molar-refractivity contribution in [1.82, 2.24) is 0 Å². The van der Waals surface area contributed by atoms with Crippen molar-refractivity contribution in [3.63, 3.8) is 0 Å². The third-order valence-electron chi connectivity index (χ3n) is 4.52. The van der Waals surface area contributed by atoms with Gasteiger partial charge in [-0.1, -0.05) is 6.92 Å². The van der Waals surface area contributed by atoms with Gasteiger partial charge in [0.15, 0.2) is 0 Å². The number of hydrogen-bond acceptors (Lipinski definition) is 10. The number of hydrogen-bond donors (Lipinski definition) is 1. The van der Waals surface area contributed by atoms with Crippen molar-refractivity contribution in [3.8, 4) is 0 Å². The van der Waals surface area contributed by atoms with Gasteiger partial charge >= 0.3 is 19.8 Å². The zero-order valence-corrected chi connectivity index (χ0v) is 33.7. The van der Waals surface area contributed by atoms with E-state index in [1.807, 2.05) is 6.92 Å². The molecule has 43 heavy (non-hydrogen) atoms. The lowest BCUT2D eigenvalue weighted by Gasteiger charge is -2.25. The second kappa shape index (κ2) is 23.3. The molecule has 1 rings (SSSR count). The highest BCUT2D eigenvalue weighted by Crippen LogP contribution is 2.53. The Morgan fingerprint density at radius 2 is 1.12 bits per heavy atom. The normalized spacial score (nSPS) is 15.4. The smallest absolute Gasteiger partial charge is 0.460 e. The van der Waals surface area contributed by atoms with Gasteiger partial charge < -0.3 is 19.3 Å². The lowest BCUT2D eigenvalue weighted by molar-refractivity contribution is 0.0266. The Hall–Kier alpha value is 0.980. The predicted molar refractivity (Wildman–Crippen MR) is 182 cm³/mol. The summed E-state index contributed by atoms with van der Waals surface area (Å²) in [6.07, 6.45) is -1.32. The minimum Gasteiger partial charge on any atom is -0.460 e. The number of alkyl halides is 3. The predicted octanol–water partition coefficient (Wildman–Crippen LogP) is 8.88. The Bertz CT molecular complexity index is 1030. The first-order valence-corrected chi connectivity index (χ1v) is 19.1. The molecular weight excluding hydrogens is 917 g/mol. The molecular formula is C25H36Br4Cl3O10P. The SMILES string of the molecule is CC(CCl)OP(=O)(OC(C)CCl)OC(C)CCl.CCCOCCOC(=O)c1c(Br)c(Br)c(Br)c(Br)c1C(=O)OCC(C)O. The van der Waals surface area contributed by atoms with Gasteiger partial charge in [0.2, 0.25) is 0 Å². The maximum atomic E-state index is 12.6. The van der Waals surface area contributed by atoms with Gasteiger partial charge in [-0.15, -0.1) is 34.8 Å². The van der Waals surface area contributed by atoms with Gasteiger partial charge in [-0.25, -0.2) is 14.2 Å². The number of phosphoric ester groups is 1. The summed E-state index contributed by atoms with van der Waals surface area (Å²) in [6.45, 7) is 9.17. The van der Waals surface area contributed by atoms with Gasteiger partial charge in [0.1, 0.15) is 13.2 Å². The van der Waals surface area contributed by atoms with E-state index in [9.17, 15) is 19.3 Å². The van der Waals surface area contributed by atoms with E-state index in [1.165, 1.54) is 6.92 Å². The summed E-state index contributed by atoms with van der Waals surface area (Å²) in [5.41, 5.74) is 0.00473. The number of carbonyl (C=O) groups is 2. The summed E-state index contributed by atoms with van der Waals surface area (Å²) < 4.78 is 45.1. The fourth-order valence-corrected chi connectivity index (χ4v) is 7.20. The molecule has 4 atom stereocenters. The van der Waals surface area contributed by atoms with Gasteiger partial charge in [0.25, 0.3) is 0 Å². The molecule has 0 heterocycles. The highest BCUT2D eigenvalue weighted by atomic mass is 79.9. The second-order valence-electron chi connectivity index (χ2n) is 8.86. The second-order valence-corrected chi connectivity index (χ2v) is 14.5. The Morgan fingerprint density at radius 3 is 1.47 bits per heavy atom. The van der Waals surface area contributed by atoms with E-state index in [0.29, 0.717) is 24.5 Å². The fourth-order valence-electron chi connectivity index (χ4n) is 2.62. The molecule has 0 bridgehead atoms. The number of halogens is 7. The molecule has 0 amide bonds. The van der Waals surface area contributed by atoms with Crippen LogP contribution in [0, 0.1) is 0 Å². The topological polar surface area (TPSA) is 127 Å². The van der Waals surface area contributed by atoms with Gasteiger partial charge in [0.05, 0.1) is 42.1 Å². The van der Waals surface area contributed by atoms with Gasteiger partial charge in [0, 0.05) is 42.1 Å². The summed E-state index contributed by atoms with van der Waals surface area (Å²) in [5.74, 6) is -0.917. The summed E-state index contributed by atoms with van der Waals surface area (Å²) in [6, 6.07) is 0. The van der Waals surface area contributed by atoms with Crippen LogP contribution in [0.1, 0.15) is 61.8 Å². The van der Waals surface area contributed by atoms with Crippen LogP contribution in [0.2, 0.25) is 0 Å². The number of ether oxygens (including phenoxy) is 3. The van der Waals surface area contributed by atoms with Gasteiger partial charge in [-0.05, 0) is 97.8 Å². The van der Waals surface area contributed by atoms with Crippen LogP contribution in [0.4, 0.5) is 0 Å². The van der Waals surface area contributed by atoms with Crippen LogP contribution in [0.3, 0.4) is 0 Å². The Morgan fingerprint density at radius 1 is 0.721 bits per heavy atom. The molecule has 1 aromatic rings. The van der Waals surface area contributed by atoms with E-state index in [4.69, 9.17) is 62.6 Å². The minimum atomic E-state index is -3.69. The maximum Gasteiger partial charge on any atom is 0.475 e. The molecule has 0 fully saturated rings. The molecule has 0 radical (unpaired) electrons. The molecule has 18 heteroatoms. The first kappa shape index (κ1) is 44.0. The molecule has 0 aliphatic carbocycles. The summed E-state index contributed by atoms with van der Waals surface area (Å²) in [4.78, 5) is 25.0. The van der Waals surface area contributed by atoms with E-state index in [0.717, 1.165) is 6.42 Å². The molecule has 0 saturated carbocycles. The zero-order chi connectivity index (χ0) is 33.3. The lowest BCUT2D eigenvalue weighted by Crippen LogP contribution is -2.20. The molecule has 1 N–H and O–H groups in total. The average molecular weight is 954 g/mol. The van der Waals surface area contributed by atoms with Crippen LogP contribution in [0.15, 0.2) is 17.9 Å². The highest BCUT2D eigenvalue weighted by molar-refractivity contribution is 9.15. The molecule has 0 aromatic heterocycles. The summed E-state index contributed by atoms with van der Waals surface area (Å²) >= 11 is 30.1. The maximum absolute atomic E-state index is 12.6. The van der Waals surface area contributed by atoms with Crippen molar-refractivity contribution in [2.45, 2.75) is 65.5 Å². The van der Waals surface area contributed by atoms with Crippen molar-refractivity contribution in [1.29, 1.82) is 0 Å². The van der Waals surface area contributed by atoms with Crippen molar-refractivity contribution >= 4 is 118 Å². The van der Waals surface area contributed by atoms with Crippen molar-refractivity contribution in [2.75, 3.05) is 44.1 Å². The zero-order valence-electron chi connectivity index (χ0n) is 24.2. The van der Waals surface area contributed by atoms with Crippen LogP contribution in [-0.2, 0) is 32.3 Å². The highest BCUT2D eigenvalue weighted by Gasteiger charge is 2.33. The van der Waals surface area contributed by atoms with Crippen LogP contribution in [0.25, 0.3) is 0 Å². The molecule has 10 nitrogen and oxygen atoms in total. The monoisotopic (exact) mass is 948 g/mol. The minimum absolute atomic E-state index is 0.00734. The third kappa shape index (κ3) is 16.6. The van der Waals surface area contributed by atoms with Crippen LogP contribution < -0.4 is 0 Å². The van der Waals surface area contributed by atoms with E-state index in [1.54, 1.807) is 20.8 Å². The van der Waals surface area contributed by atoms with Gasteiger partial charge in [-0.3, -0.25) is 13.6 Å². The van der Waals surface area contributed by atoms with Gasteiger partial charge in [-0.2, -0.15) is 0 Å². The van der Waals surface area contributed by atoms with Crippen LogP contribution in [0.5, 0.6) is 0 Å². The molecule has 0 aliphatic rings. The number of esters is 2. The number of aliphatic hydroxyl groups excluding tert-OH is 1. The molecule has 1 aromatic carbocycles. The standard InChI is InChI=1S/C16H18Br4O6.C9H18Cl3O4P/c1-3-4-24-5-6-25-15(22)9-10(16(23)26-7-8(2)21)12(18)14(20)13(19)11(9)17;1-7(4-10)14-17(13,15-8(2)5-11)16-9(3)6-12/h8,21H,3-7H2,1-2H3;7-9H,4-6H2,1-3H3. The van der Waals surface area contributed by atoms with Crippen LogP contribution in [-0.4, -0.2) is 85.5 Å². The first-order valence-electron chi connectivity index (χ1n) is 12.9. The summed E-state index contributed by atoms with van der Waals surface area (Å²) in [5, 5.41) is 9.32. The Balaban J connectivity index is 0.000000901.